The standard InChI is InChI=1S/C10H20OS/c1-7-10(5,6)8(11)12-9(2,3)4/h7H2,1-6H3. The van der Waals surface area contributed by atoms with Crippen LogP contribution in [-0.4, -0.2) is 9.86 Å². The number of rotatable bonds is 2. The van der Waals surface area contributed by atoms with E-state index in [0.29, 0.717) is 5.12 Å². The fourth-order valence-corrected chi connectivity index (χ4v) is 1.54. The number of hydrogen-bond acceptors (Lipinski definition) is 2. The second-order valence-electron chi connectivity index (χ2n) is 4.74. The van der Waals surface area contributed by atoms with Gasteiger partial charge in [0.25, 0.3) is 0 Å². The molecule has 72 valence electrons. The van der Waals surface area contributed by atoms with Crippen molar-refractivity contribution in [1.29, 1.82) is 0 Å². The van der Waals surface area contributed by atoms with Crippen molar-refractivity contribution in [3.8, 4) is 0 Å². The van der Waals surface area contributed by atoms with E-state index in [9.17, 15) is 4.79 Å². The van der Waals surface area contributed by atoms with Crippen LogP contribution in [0.2, 0.25) is 0 Å². The van der Waals surface area contributed by atoms with Crippen LogP contribution in [0.15, 0.2) is 0 Å². The summed E-state index contributed by atoms with van der Waals surface area (Å²) in [5, 5.41) is 0.303. The Morgan fingerprint density at radius 3 is 1.83 bits per heavy atom. The summed E-state index contributed by atoms with van der Waals surface area (Å²) >= 11 is 1.45. The number of carbonyl (C=O) groups excluding carboxylic acids is 1. The molecule has 0 radical (unpaired) electrons. The summed E-state index contributed by atoms with van der Waals surface area (Å²) in [6.45, 7) is 12.3. The predicted molar refractivity (Wildman–Crippen MR) is 56.4 cm³/mol. The second kappa shape index (κ2) is 3.82. The van der Waals surface area contributed by atoms with Crippen molar-refractivity contribution >= 4 is 16.9 Å². The molecule has 2 heteroatoms. The topological polar surface area (TPSA) is 17.1 Å². The summed E-state index contributed by atoms with van der Waals surface area (Å²) in [7, 11) is 0. The molecule has 0 bridgehead atoms. The molecule has 0 atom stereocenters. The smallest absolute Gasteiger partial charge is 0.195 e. The van der Waals surface area contributed by atoms with Crippen molar-refractivity contribution in [1.82, 2.24) is 0 Å². The summed E-state index contributed by atoms with van der Waals surface area (Å²) in [6, 6.07) is 0. The molecule has 0 aliphatic heterocycles. The third-order valence-corrected chi connectivity index (χ3v) is 3.19. The minimum Gasteiger partial charge on any atom is -0.287 e. The van der Waals surface area contributed by atoms with Gasteiger partial charge in [-0.2, -0.15) is 0 Å². The van der Waals surface area contributed by atoms with E-state index < -0.39 is 0 Å². The molecular weight excluding hydrogens is 168 g/mol. The van der Waals surface area contributed by atoms with Crippen LogP contribution < -0.4 is 0 Å². The van der Waals surface area contributed by atoms with Gasteiger partial charge in [0.1, 0.15) is 0 Å². The van der Waals surface area contributed by atoms with Gasteiger partial charge in [-0.05, 0) is 6.42 Å². The zero-order valence-electron chi connectivity index (χ0n) is 9.02. The van der Waals surface area contributed by atoms with E-state index in [2.05, 4.69) is 27.7 Å². The molecule has 0 aliphatic rings. The molecule has 0 N–H and O–H groups in total. The average Bonchev–Trinajstić information content (AvgIpc) is 1.84. The van der Waals surface area contributed by atoms with E-state index >= 15 is 0 Å². The van der Waals surface area contributed by atoms with E-state index in [1.165, 1.54) is 11.8 Å². The van der Waals surface area contributed by atoms with Gasteiger partial charge in [-0.3, -0.25) is 4.79 Å². The summed E-state index contributed by atoms with van der Waals surface area (Å²) < 4.78 is 0.0452. The van der Waals surface area contributed by atoms with Crippen molar-refractivity contribution in [2.45, 2.75) is 52.7 Å². The molecule has 1 nitrogen and oxygen atoms in total. The van der Waals surface area contributed by atoms with Crippen molar-refractivity contribution in [3.05, 3.63) is 0 Å². The van der Waals surface area contributed by atoms with E-state index in [4.69, 9.17) is 0 Å². The van der Waals surface area contributed by atoms with E-state index in [1.54, 1.807) is 0 Å². The fourth-order valence-electron chi connectivity index (χ4n) is 0.561. The van der Waals surface area contributed by atoms with Gasteiger partial charge >= 0.3 is 0 Å². The van der Waals surface area contributed by atoms with Crippen LogP contribution in [0.5, 0.6) is 0 Å². The first kappa shape index (κ1) is 12.0. The van der Waals surface area contributed by atoms with Gasteiger partial charge < -0.3 is 0 Å². The van der Waals surface area contributed by atoms with Crippen LogP contribution >= 0.6 is 11.8 Å². The first-order valence-corrected chi connectivity index (χ1v) is 5.24. The number of thioether (sulfide) groups is 1. The van der Waals surface area contributed by atoms with Gasteiger partial charge in [-0.15, -0.1) is 0 Å². The SMILES string of the molecule is CCC(C)(C)C(=O)SC(C)(C)C. The monoisotopic (exact) mass is 188 g/mol. The predicted octanol–water partition coefficient (Wildman–Crippen LogP) is 3.48. The van der Waals surface area contributed by atoms with Crippen LogP contribution in [0.25, 0.3) is 0 Å². The molecule has 0 spiro atoms. The Bertz CT molecular complexity index is 165. The lowest BCUT2D eigenvalue weighted by molar-refractivity contribution is -0.118. The molecule has 0 unspecified atom stereocenters. The third-order valence-electron chi connectivity index (χ3n) is 1.84. The Morgan fingerprint density at radius 2 is 1.58 bits per heavy atom. The molecule has 0 saturated carbocycles. The largest absolute Gasteiger partial charge is 0.287 e. The van der Waals surface area contributed by atoms with Crippen molar-refractivity contribution in [3.63, 3.8) is 0 Å². The van der Waals surface area contributed by atoms with E-state index in [1.807, 2.05) is 13.8 Å². The highest BCUT2D eigenvalue weighted by Gasteiger charge is 2.29. The molecule has 0 saturated heterocycles. The quantitative estimate of drug-likeness (QED) is 0.660. The molecule has 0 aromatic heterocycles. The lowest BCUT2D eigenvalue weighted by Crippen LogP contribution is -2.24. The molecule has 0 amide bonds. The molecule has 12 heavy (non-hydrogen) atoms. The van der Waals surface area contributed by atoms with Gasteiger partial charge in [-0.25, -0.2) is 0 Å². The lowest BCUT2D eigenvalue weighted by Gasteiger charge is -2.25. The molecule has 0 aromatic rings. The summed E-state index contributed by atoms with van der Waals surface area (Å²) in [5.41, 5.74) is -0.169. The lowest BCUT2D eigenvalue weighted by atomic mass is 9.92. The highest BCUT2D eigenvalue weighted by Crippen LogP contribution is 2.34. The normalized spacial score (nSPS) is 13.2. The minimum absolute atomic E-state index is 0.0452. The van der Waals surface area contributed by atoms with Gasteiger partial charge in [0, 0.05) is 10.2 Å². The average molecular weight is 188 g/mol. The van der Waals surface area contributed by atoms with Crippen molar-refractivity contribution in [2.24, 2.45) is 5.41 Å². The van der Waals surface area contributed by atoms with Crippen molar-refractivity contribution in [2.75, 3.05) is 0 Å². The van der Waals surface area contributed by atoms with Gasteiger partial charge in [0.15, 0.2) is 5.12 Å². The fraction of sp³-hybridized carbons (Fsp3) is 0.900. The maximum absolute atomic E-state index is 11.7. The van der Waals surface area contributed by atoms with Crippen LogP contribution in [0.4, 0.5) is 0 Å². The molecule has 0 fully saturated rings. The van der Waals surface area contributed by atoms with Crippen molar-refractivity contribution < 1.29 is 4.79 Å². The third kappa shape index (κ3) is 4.15. The molecule has 0 aromatic carbocycles. The Morgan fingerprint density at radius 1 is 1.17 bits per heavy atom. The zero-order chi connectivity index (χ0) is 9.99. The van der Waals surface area contributed by atoms with Gasteiger partial charge in [0.05, 0.1) is 0 Å². The number of hydrogen-bond donors (Lipinski definition) is 0. The molecule has 0 rings (SSSR count). The van der Waals surface area contributed by atoms with Gasteiger partial charge in [-0.1, -0.05) is 53.3 Å². The van der Waals surface area contributed by atoms with Crippen LogP contribution in [-0.2, 0) is 4.79 Å². The second-order valence-corrected chi connectivity index (χ2v) is 6.54. The maximum Gasteiger partial charge on any atom is 0.195 e. The van der Waals surface area contributed by atoms with Crippen LogP contribution in [0.1, 0.15) is 48.0 Å². The van der Waals surface area contributed by atoms with Gasteiger partial charge in [0.2, 0.25) is 0 Å². The molecule has 0 heterocycles. The van der Waals surface area contributed by atoms with Crippen LogP contribution in [0.3, 0.4) is 0 Å². The maximum atomic E-state index is 11.7. The Kier molecular flexibility index (Phi) is 3.83. The number of carbonyl (C=O) groups is 1. The zero-order valence-corrected chi connectivity index (χ0v) is 9.84. The summed E-state index contributed by atoms with van der Waals surface area (Å²) in [6.07, 6.45) is 0.912. The first-order valence-electron chi connectivity index (χ1n) is 4.42. The van der Waals surface area contributed by atoms with E-state index in [0.717, 1.165) is 6.42 Å². The first-order chi connectivity index (χ1) is 5.19. The van der Waals surface area contributed by atoms with E-state index in [-0.39, 0.29) is 10.2 Å². The highest BCUT2D eigenvalue weighted by atomic mass is 32.2. The summed E-state index contributed by atoms with van der Waals surface area (Å²) in [5.74, 6) is 0. The minimum atomic E-state index is -0.169. The Labute approximate surface area is 80.3 Å². The molecule has 0 aliphatic carbocycles. The van der Waals surface area contributed by atoms with Crippen LogP contribution in [0, 0.1) is 5.41 Å². The Balaban J connectivity index is 4.23. The summed E-state index contributed by atoms with van der Waals surface area (Å²) in [4.78, 5) is 11.7. The molecular formula is C10H20OS. The Hall–Kier alpha value is 0.0200. The highest BCUT2D eigenvalue weighted by molar-refractivity contribution is 8.14.